The van der Waals surface area contributed by atoms with Gasteiger partial charge in [-0.15, -0.1) is 0 Å². The number of halogens is 6. The van der Waals surface area contributed by atoms with E-state index in [0.717, 1.165) is 22.1 Å². The molecule has 0 radical (unpaired) electrons. The zero-order valence-corrected chi connectivity index (χ0v) is 40.2. The summed E-state index contributed by atoms with van der Waals surface area (Å²) in [5.74, 6) is 0. The van der Waals surface area contributed by atoms with Crippen LogP contribution in [0, 0.1) is 0 Å². The molecule has 3 aromatic rings. The van der Waals surface area contributed by atoms with Gasteiger partial charge in [0.1, 0.15) is 0 Å². The van der Waals surface area contributed by atoms with Crippen LogP contribution in [0.25, 0.3) is 0 Å². The first-order valence-corrected chi connectivity index (χ1v) is 36.1. The Morgan fingerprint density at radius 3 is 1.11 bits per heavy atom. The van der Waals surface area contributed by atoms with E-state index in [0.29, 0.717) is 57.7 Å². The van der Waals surface area contributed by atoms with Crippen molar-refractivity contribution in [3.8, 4) is 0 Å². The minimum absolute atomic E-state index is 0.376. The van der Waals surface area contributed by atoms with Crippen molar-refractivity contribution in [2.45, 2.75) is 30.8 Å². The first-order chi connectivity index (χ1) is 21.0. The topological polar surface area (TPSA) is 96.0 Å². The second-order valence-electron chi connectivity index (χ2n) is 10.8. The zero-order chi connectivity index (χ0) is 31.5. The number of hydrogen-bond donors (Lipinski definition) is 0. The van der Waals surface area contributed by atoms with Gasteiger partial charge in [-0.3, -0.25) is 0 Å². The molecule has 6 rings (SSSR count). The molecule has 0 bridgehead atoms. The molecule has 0 saturated heterocycles. The Hall–Kier alpha value is 1.70. The summed E-state index contributed by atoms with van der Waals surface area (Å²) in [5.41, 5.74) is 1.82. The number of hydrogen-bond acceptors (Lipinski definition) is 7. The summed E-state index contributed by atoms with van der Waals surface area (Å²) in [6.07, 6.45) is -2.46. The quantitative estimate of drug-likeness (QED) is 0.167. The number of rotatable bonds is 9. The third kappa shape index (κ3) is 6.62. The van der Waals surface area contributed by atoms with Gasteiger partial charge in [0.25, 0.3) is 0 Å². The average molecular weight is 1180 g/mol. The fourth-order valence-electron chi connectivity index (χ4n) is 6.34. The van der Waals surface area contributed by atoms with Gasteiger partial charge in [0.05, 0.1) is 0 Å². The van der Waals surface area contributed by atoms with Crippen LogP contribution in [0.1, 0.15) is 35.0 Å². The Balaban J connectivity index is 1.43. The Labute approximate surface area is 317 Å². The van der Waals surface area contributed by atoms with Gasteiger partial charge in [-0.2, -0.15) is 0 Å². The summed E-state index contributed by atoms with van der Waals surface area (Å²) in [5, 5.41) is 1.14. The second kappa shape index (κ2) is 14.5. The fourth-order valence-corrected chi connectivity index (χ4v) is 32.4. The first-order valence-electron chi connectivity index (χ1n) is 13.4. The van der Waals surface area contributed by atoms with Crippen LogP contribution in [0.4, 0.5) is 0 Å². The Kier molecular flexibility index (Phi) is 11.7. The van der Waals surface area contributed by atoms with Gasteiger partial charge in [-0.25, -0.2) is 0 Å². The third-order valence-electron chi connectivity index (χ3n) is 8.33. The molecule has 7 nitrogen and oxygen atoms in total. The molecule has 44 heavy (non-hydrogen) atoms. The molecule has 224 valence electrons. The number of carbonyl (C=O) groups excluding carboxylic acids is 3. The molecule has 0 N–H and O–H groups in total. The van der Waals surface area contributed by atoms with Crippen LogP contribution in [-0.2, 0) is 32.5 Å². The van der Waals surface area contributed by atoms with E-state index >= 15 is 4.57 Å². The van der Waals surface area contributed by atoms with Gasteiger partial charge in [0.15, 0.2) is 0 Å². The summed E-state index contributed by atoms with van der Waals surface area (Å²) in [6.45, 7) is 0. The molecule has 3 aromatic carbocycles. The molecule has 3 aliphatic heterocycles. The van der Waals surface area contributed by atoms with Gasteiger partial charge in [-0.05, 0) is 0 Å². The number of phosphoric ester groups is 1. The van der Waals surface area contributed by atoms with E-state index in [4.69, 9.17) is 48.4 Å². The van der Waals surface area contributed by atoms with Crippen molar-refractivity contribution in [3.63, 3.8) is 0 Å². The van der Waals surface area contributed by atoms with E-state index in [9.17, 15) is 14.4 Å². The van der Waals surface area contributed by atoms with Crippen LogP contribution in [0.15, 0.2) is 49.8 Å². The summed E-state index contributed by atoms with van der Waals surface area (Å²) >= 11 is 21.6. The summed E-state index contributed by atoms with van der Waals surface area (Å²) < 4.78 is 42.9. The van der Waals surface area contributed by atoms with Crippen molar-refractivity contribution in [2.24, 2.45) is 0 Å². The Morgan fingerprint density at radius 1 is 0.591 bits per heavy atom. The molecule has 0 aromatic heterocycles. The molecular weight excluding hydrogens is 1160 g/mol. The normalized spacial score (nSPS) is 21.6. The number of phosphoric acid groups is 1. The van der Waals surface area contributed by atoms with Crippen molar-refractivity contribution in [3.05, 3.63) is 81.6 Å². The van der Waals surface area contributed by atoms with Crippen LogP contribution in [-0.4, -0.2) is 76.4 Å². The van der Waals surface area contributed by atoms with E-state index in [2.05, 4.69) is 47.8 Å². The zero-order valence-electron chi connectivity index (χ0n) is 22.4. The molecule has 3 unspecified atom stereocenters. The molecule has 3 atom stereocenters. The van der Waals surface area contributed by atoms with E-state index in [-0.39, 0.29) is 0 Å². The van der Waals surface area contributed by atoms with E-state index in [1.54, 1.807) is 18.2 Å². The van der Waals surface area contributed by atoms with Gasteiger partial charge in [0, 0.05) is 0 Å². The number of carbonyl (C=O) groups is 3. The number of benzene rings is 3. The van der Waals surface area contributed by atoms with E-state index in [1.807, 2.05) is 18.2 Å². The molecule has 0 spiro atoms. The van der Waals surface area contributed by atoms with Crippen LogP contribution in [0.2, 0.25) is 27.6 Å². The molecule has 0 fully saturated rings. The monoisotopic (exact) mass is 1170 g/mol. The molecule has 0 saturated carbocycles. The van der Waals surface area contributed by atoms with Crippen molar-refractivity contribution in [1.82, 2.24) is 0 Å². The summed E-state index contributed by atoms with van der Waals surface area (Å²) in [6, 6.07) is 11.0. The average Bonchev–Trinajstić information content (AvgIpc) is 3.65. The predicted molar refractivity (Wildman–Crippen MR) is 187 cm³/mol. The maximum absolute atomic E-state index is 15.1. The molecule has 0 aliphatic carbocycles. The molecule has 17 heteroatoms. The van der Waals surface area contributed by atoms with Crippen molar-refractivity contribution >= 4 is 177 Å². The third-order valence-corrected chi connectivity index (χ3v) is 35.7. The van der Waals surface area contributed by atoms with Gasteiger partial charge < -0.3 is 0 Å². The maximum atomic E-state index is 15.1. The SMILES string of the molecule is O=[CH][In]1[CH2]C(OP(=O)(OC2[CH2][In]([CH]=O)[c]3ccc(Br)c(Cl)c32)OC2[CH2][In]([CH]=O)[c]3ccc(Br)c(Cl)c32)c2[c]1ccc(Br)c2Cl. The molecule has 3 heterocycles. The van der Waals surface area contributed by atoms with Gasteiger partial charge in [0.2, 0.25) is 0 Å². The van der Waals surface area contributed by atoms with Crippen LogP contribution in [0.3, 0.4) is 0 Å². The summed E-state index contributed by atoms with van der Waals surface area (Å²) in [7, 11) is -4.52. The molecule has 0 amide bonds. The standard InChI is InChI=1S/C24H15Br3Cl3O4P.3CHO.3In/c1-13(16-7-4-10-19(25)22(16)28)32-35(31,33-14(2)17-8-5-11-20(26)23(17)29)34-15(3)18-9-6-12-21(27)24(18)30;3*1-2;;;/h4-6,10-15H,1-3H2;3*1H;;;. The minimum atomic E-state index is -4.52. The van der Waals surface area contributed by atoms with Crippen LogP contribution >= 0.6 is 90.4 Å². The van der Waals surface area contributed by atoms with E-state index in [1.165, 1.54) is 0 Å². The van der Waals surface area contributed by atoms with Crippen molar-refractivity contribution in [1.29, 1.82) is 0 Å². The fraction of sp³-hybridized carbons (Fsp3) is 0.222. The van der Waals surface area contributed by atoms with Crippen molar-refractivity contribution < 1.29 is 32.5 Å². The number of fused-ring (bicyclic) bond motifs is 3. The van der Waals surface area contributed by atoms with Crippen molar-refractivity contribution in [2.75, 3.05) is 0 Å². The predicted octanol–water partition coefficient (Wildman–Crippen LogP) is 7.08. The second-order valence-corrected chi connectivity index (χ2v) is 38.1. The van der Waals surface area contributed by atoms with Crippen LogP contribution in [0.5, 0.6) is 0 Å². The van der Waals surface area contributed by atoms with E-state index < -0.39 is 90.4 Å². The van der Waals surface area contributed by atoms with Gasteiger partial charge in [-0.1, -0.05) is 0 Å². The first kappa shape index (κ1) is 35.5. The van der Waals surface area contributed by atoms with Gasteiger partial charge >= 0.3 is 322 Å². The summed E-state index contributed by atoms with van der Waals surface area (Å²) in [4.78, 5) is 36.4. The van der Waals surface area contributed by atoms with Crippen LogP contribution < -0.4 is 9.96 Å². The molecular formula is C27H18Br3Cl3In3O7P. The Bertz CT molecular complexity index is 1570. The Morgan fingerprint density at radius 2 is 0.864 bits per heavy atom. The molecule has 3 aliphatic rings.